The van der Waals surface area contributed by atoms with Crippen LogP contribution in [0.5, 0.6) is 11.5 Å². The molecule has 0 aliphatic carbocycles. The molecule has 0 aliphatic rings. The number of aryl methyl sites for hydroxylation is 1. The van der Waals surface area contributed by atoms with Crippen LogP contribution >= 0.6 is 0 Å². The Morgan fingerprint density at radius 1 is 1.10 bits per heavy atom. The van der Waals surface area contributed by atoms with Gasteiger partial charge < -0.3 is 14.8 Å². The molecule has 0 atom stereocenters. The number of ether oxygens (including phenoxy) is 2. The summed E-state index contributed by atoms with van der Waals surface area (Å²) in [6.45, 7) is 3.60. The highest BCUT2D eigenvalue weighted by atomic mass is 19.1. The van der Waals surface area contributed by atoms with Crippen molar-refractivity contribution in [3.05, 3.63) is 65.6 Å². The zero-order chi connectivity index (χ0) is 22.4. The number of aromatic nitrogens is 2. The number of carbonyl (C=O) groups is 2. The van der Waals surface area contributed by atoms with Crippen LogP contribution in [0.1, 0.15) is 35.8 Å². The third-order valence-electron chi connectivity index (χ3n) is 4.55. The smallest absolute Gasteiger partial charge is 0.225 e. The van der Waals surface area contributed by atoms with E-state index in [1.807, 2.05) is 6.92 Å². The molecule has 0 radical (unpaired) electrons. The van der Waals surface area contributed by atoms with E-state index >= 15 is 0 Å². The van der Waals surface area contributed by atoms with E-state index in [0.717, 1.165) is 5.69 Å². The van der Waals surface area contributed by atoms with Crippen LogP contribution in [-0.4, -0.2) is 35.2 Å². The van der Waals surface area contributed by atoms with E-state index in [-0.39, 0.29) is 23.9 Å². The number of Topliss-reactive ketones (excluding diaryl/α,β-unsaturated/α-hetero) is 1. The highest BCUT2D eigenvalue weighted by Gasteiger charge is 2.12. The van der Waals surface area contributed by atoms with E-state index in [0.29, 0.717) is 41.6 Å². The Kier molecular flexibility index (Phi) is 7.02. The van der Waals surface area contributed by atoms with E-state index in [4.69, 9.17) is 9.47 Å². The normalized spacial score (nSPS) is 10.6. The molecule has 31 heavy (non-hydrogen) atoms. The number of carbonyl (C=O) groups excluding carboxylic acids is 2. The molecule has 0 spiro atoms. The summed E-state index contributed by atoms with van der Waals surface area (Å²) in [5.74, 6) is 0.901. The summed E-state index contributed by atoms with van der Waals surface area (Å²) in [7, 11) is 1.51. The molecule has 1 amide bonds. The molecule has 0 saturated heterocycles. The highest BCUT2D eigenvalue weighted by Crippen LogP contribution is 2.28. The van der Waals surface area contributed by atoms with Gasteiger partial charge in [0.05, 0.1) is 25.1 Å². The number of rotatable bonds is 9. The molecular formula is C23H24FN3O4. The fourth-order valence-electron chi connectivity index (χ4n) is 2.99. The molecule has 8 heteroatoms. The molecule has 0 unspecified atom stereocenters. The average molecular weight is 425 g/mol. The van der Waals surface area contributed by atoms with Gasteiger partial charge in [-0.05, 0) is 62.7 Å². The Bertz CT molecular complexity index is 1080. The summed E-state index contributed by atoms with van der Waals surface area (Å²) in [6.07, 6.45) is 0.717. The largest absolute Gasteiger partial charge is 0.493 e. The quantitative estimate of drug-likeness (QED) is 0.408. The first-order valence-electron chi connectivity index (χ1n) is 9.81. The molecule has 1 N–H and O–H groups in total. The van der Waals surface area contributed by atoms with Crippen LogP contribution in [-0.2, 0) is 4.79 Å². The third-order valence-corrected chi connectivity index (χ3v) is 4.55. The first-order chi connectivity index (χ1) is 14.9. The number of hydrogen-bond acceptors (Lipinski definition) is 5. The SMILES string of the molecule is COc1cc(C(C)=O)ccc1OCCCC(=O)Nc1cc(C)nn1-c1ccc(F)cc1. The Morgan fingerprint density at radius 2 is 1.84 bits per heavy atom. The molecule has 3 rings (SSSR count). The summed E-state index contributed by atoms with van der Waals surface area (Å²) < 4.78 is 25.7. The lowest BCUT2D eigenvalue weighted by Gasteiger charge is -2.12. The minimum atomic E-state index is -0.342. The molecule has 2 aromatic carbocycles. The molecule has 1 heterocycles. The maximum absolute atomic E-state index is 13.2. The molecule has 1 aromatic heterocycles. The zero-order valence-corrected chi connectivity index (χ0v) is 17.6. The molecular weight excluding hydrogens is 401 g/mol. The second-order valence-electron chi connectivity index (χ2n) is 6.98. The lowest BCUT2D eigenvalue weighted by Crippen LogP contribution is -2.15. The topological polar surface area (TPSA) is 82.4 Å². The standard InChI is InChI=1S/C23H24FN3O4/c1-15-13-22(27(26-15)19-9-7-18(24)8-10-19)25-23(29)5-4-12-31-20-11-6-17(16(2)28)14-21(20)30-3/h6-11,13-14H,4-5,12H2,1-3H3,(H,25,29). The lowest BCUT2D eigenvalue weighted by atomic mass is 10.1. The van der Waals surface area contributed by atoms with Crippen LogP contribution in [0.15, 0.2) is 48.5 Å². The minimum Gasteiger partial charge on any atom is -0.493 e. The first kappa shape index (κ1) is 22.0. The Morgan fingerprint density at radius 3 is 2.52 bits per heavy atom. The van der Waals surface area contributed by atoms with E-state index in [1.54, 1.807) is 41.1 Å². The summed E-state index contributed by atoms with van der Waals surface area (Å²) in [5.41, 5.74) is 1.91. The van der Waals surface area contributed by atoms with Gasteiger partial charge in [-0.1, -0.05) is 0 Å². The van der Waals surface area contributed by atoms with Crippen molar-refractivity contribution in [1.82, 2.24) is 9.78 Å². The van der Waals surface area contributed by atoms with Gasteiger partial charge in [-0.3, -0.25) is 9.59 Å². The van der Waals surface area contributed by atoms with Crippen molar-refractivity contribution in [3.8, 4) is 17.2 Å². The van der Waals surface area contributed by atoms with Crippen molar-refractivity contribution < 1.29 is 23.5 Å². The third kappa shape index (κ3) is 5.69. The van der Waals surface area contributed by atoms with E-state index in [2.05, 4.69) is 10.4 Å². The van der Waals surface area contributed by atoms with Gasteiger partial charge in [-0.15, -0.1) is 0 Å². The number of anilines is 1. The van der Waals surface area contributed by atoms with Gasteiger partial charge in [-0.25, -0.2) is 9.07 Å². The Hall–Kier alpha value is -3.68. The van der Waals surface area contributed by atoms with Crippen molar-refractivity contribution >= 4 is 17.5 Å². The summed E-state index contributed by atoms with van der Waals surface area (Å²) in [4.78, 5) is 23.9. The number of halogens is 1. The average Bonchev–Trinajstić information content (AvgIpc) is 3.11. The summed E-state index contributed by atoms with van der Waals surface area (Å²) >= 11 is 0. The number of hydrogen-bond donors (Lipinski definition) is 1. The number of amides is 1. The van der Waals surface area contributed by atoms with Gasteiger partial charge in [0.2, 0.25) is 5.91 Å². The van der Waals surface area contributed by atoms with Crippen LogP contribution in [0.25, 0.3) is 5.69 Å². The van der Waals surface area contributed by atoms with Gasteiger partial charge in [0, 0.05) is 18.1 Å². The van der Waals surface area contributed by atoms with Gasteiger partial charge in [0.25, 0.3) is 0 Å². The molecule has 0 aliphatic heterocycles. The van der Waals surface area contributed by atoms with E-state index in [1.165, 1.54) is 26.2 Å². The van der Waals surface area contributed by atoms with E-state index in [9.17, 15) is 14.0 Å². The van der Waals surface area contributed by atoms with Crippen LogP contribution in [0.4, 0.5) is 10.2 Å². The molecule has 3 aromatic rings. The van der Waals surface area contributed by atoms with Gasteiger partial charge in [0.15, 0.2) is 17.3 Å². The van der Waals surface area contributed by atoms with Crippen LogP contribution in [0, 0.1) is 12.7 Å². The predicted molar refractivity (Wildman–Crippen MR) is 115 cm³/mol. The fraction of sp³-hybridized carbons (Fsp3) is 0.261. The number of benzene rings is 2. The lowest BCUT2D eigenvalue weighted by molar-refractivity contribution is -0.116. The van der Waals surface area contributed by atoms with Gasteiger partial charge >= 0.3 is 0 Å². The summed E-state index contributed by atoms with van der Waals surface area (Å²) in [5, 5.41) is 7.19. The van der Waals surface area contributed by atoms with Crippen molar-refractivity contribution in [3.63, 3.8) is 0 Å². The molecule has 0 saturated carbocycles. The predicted octanol–water partition coefficient (Wildman–Crippen LogP) is 4.33. The van der Waals surface area contributed by atoms with Crippen molar-refractivity contribution in [2.24, 2.45) is 0 Å². The van der Waals surface area contributed by atoms with E-state index < -0.39 is 0 Å². The number of nitrogens with zero attached hydrogens (tertiary/aromatic N) is 2. The fourth-order valence-corrected chi connectivity index (χ4v) is 2.99. The van der Waals surface area contributed by atoms with Crippen molar-refractivity contribution in [2.45, 2.75) is 26.7 Å². The minimum absolute atomic E-state index is 0.0587. The second-order valence-corrected chi connectivity index (χ2v) is 6.98. The van der Waals surface area contributed by atoms with Gasteiger partial charge in [-0.2, -0.15) is 5.10 Å². The zero-order valence-electron chi connectivity index (χ0n) is 17.6. The number of methoxy groups -OCH3 is 1. The molecule has 0 fully saturated rings. The maximum atomic E-state index is 13.2. The summed E-state index contributed by atoms with van der Waals surface area (Å²) in [6, 6.07) is 12.6. The van der Waals surface area contributed by atoms with Crippen LogP contribution in [0.2, 0.25) is 0 Å². The Labute approximate surface area is 179 Å². The monoisotopic (exact) mass is 425 g/mol. The maximum Gasteiger partial charge on any atom is 0.225 e. The first-order valence-corrected chi connectivity index (χ1v) is 9.81. The molecule has 162 valence electrons. The van der Waals surface area contributed by atoms with Crippen LogP contribution in [0.3, 0.4) is 0 Å². The second kappa shape index (κ2) is 9.88. The Balaban J connectivity index is 1.55. The molecule has 7 nitrogen and oxygen atoms in total. The number of nitrogens with one attached hydrogen (secondary N) is 1. The molecule has 0 bridgehead atoms. The van der Waals surface area contributed by atoms with Crippen molar-refractivity contribution in [1.29, 1.82) is 0 Å². The van der Waals surface area contributed by atoms with Gasteiger partial charge in [0.1, 0.15) is 11.6 Å². The number of ketones is 1. The van der Waals surface area contributed by atoms with Crippen molar-refractivity contribution in [2.75, 3.05) is 19.0 Å². The van der Waals surface area contributed by atoms with Crippen LogP contribution < -0.4 is 14.8 Å². The highest BCUT2D eigenvalue weighted by molar-refractivity contribution is 5.94.